The van der Waals surface area contributed by atoms with Crippen LogP contribution in [0.25, 0.3) is 55.0 Å². The molecule has 2 aliphatic carbocycles. The highest BCUT2D eigenvalue weighted by Gasteiger charge is 2.53. The summed E-state index contributed by atoms with van der Waals surface area (Å²) in [5.41, 5.74) is 17.8. The highest BCUT2D eigenvalue weighted by atomic mass is 16.3. The van der Waals surface area contributed by atoms with Gasteiger partial charge in [-0.25, -0.2) is 0 Å². The molecule has 0 amide bonds. The van der Waals surface area contributed by atoms with E-state index >= 15 is 0 Å². The Bertz CT molecular complexity index is 3500. The molecule has 10 aromatic carbocycles. The predicted molar refractivity (Wildman–Crippen MR) is 257 cm³/mol. The summed E-state index contributed by atoms with van der Waals surface area (Å²) >= 11 is 0. The van der Waals surface area contributed by atoms with Gasteiger partial charge in [0.2, 0.25) is 0 Å². The van der Waals surface area contributed by atoms with Gasteiger partial charge in [0.25, 0.3) is 0 Å². The predicted octanol–water partition coefficient (Wildman–Crippen LogP) is 16.0. The van der Waals surface area contributed by atoms with Crippen LogP contribution < -0.4 is 9.80 Å². The Morgan fingerprint density at radius 2 is 0.790 bits per heavy atom. The number of para-hydroxylation sites is 5. The minimum Gasteiger partial charge on any atom is -0.454 e. The summed E-state index contributed by atoms with van der Waals surface area (Å²) < 4.78 is 6.79. The fraction of sp³-hybridized carbons (Fsp3) is 0.0169. The largest absolute Gasteiger partial charge is 0.454 e. The molecular weight excluding hydrogens is 753 g/mol. The lowest BCUT2D eigenvalue weighted by atomic mass is 9.70. The minimum absolute atomic E-state index is 0.612. The average Bonchev–Trinajstić information content (AvgIpc) is 3.98. The summed E-state index contributed by atoms with van der Waals surface area (Å²) in [5.74, 6) is 0. The van der Waals surface area contributed by atoms with Gasteiger partial charge in [-0.1, -0.05) is 170 Å². The van der Waals surface area contributed by atoms with E-state index in [1.807, 2.05) is 6.07 Å². The van der Waals surface area contributed by atoms with Crippen molar-refractivity contribution in [2.45, 2.75) is 5.41 Å². The van der Waals surface area contributed by atoms with E-state index in [9.17, 15) is 0 Å². The normalized spacial score (nSPS) is 14.5. The van der Waals surface area contributed by atoms with Gasteiger partial charge in [-0.15, -0.1) is 0 Å². The summed E-state index contributed by atoms with van der Waals surface area (Å²) in [6, 6.07) is 83.9. The second kappa shape index (κ2) is 13.4. The lowest BCUT2D eigenvalue weighted by Crippen LogP contribution is -2.26. The maximum absolute atomic E-state index is 6.79. The summed E-state index contributed by atoms with van der Waals surface area (Å²) in [6.45, 7) is 0. The van der Waals surface area contributed by atoms with E-state index in [4.69, 9.17) is 4.42 Å². The van der Waals surface area contributed by atoms with Crippen molar-refractivity contribution in [1.82, 2.24) is 0 Å². The third-order valence-corrected chi connectivity index (χ3v) is 13.2. The Balaban J connectivity index is 1.15. The Morgan fingerprint density at radius 1 is 0.306 bits per heavy atom. The summed E-state index contributed by atoms with van der Waals surface area (Å²) in [4.78, 5) is 4.85. The van der Waals surface area contributed by atoms with Crippen molar-refractivity contribution in [3.63, 3.8) is 0 Å². The molecule has 1 aromatic heterocycles. The SMILES string of the molecule is c1ccc(N(c2ccccc2)c2cc3c(c4ccccc24)-c2ccccc2C32c3ccccc3-c3c(N(c4ccccc4)c4cccc5c4oc4ccccc45)cccc32)cc1. The Kier molecular flexibility index (Phi) is 7.52. The van der Waals surface area contributed by atoms with Crippen LogP contribution in [0.5, 0.6) is 0 Å². The van der Waals surface area contributed by atoms with Crippen LogP contribution in [-0.2, 0) is 5.41 Å². The summed E-state index contributed by atoms with van der Waals surface area (Å²) in [6.07, 6.45) is 0. The zero-order valence-electron chi connectivity index (χ0n) is 33.7. The van der Waals surface area contributed by atoms with Crippen molar-refractivity contribution < 1.29 is 4.42 Å². The fourth-order valence-corrected chi connectivity index (χ4v) is 10.9. The molecule has 11 aromatic rings. The first-order chi connectivity index (χ1) is 30.8. The number of rotatable bonds is 6. The van der Waals surface area contributed by atoms with E-state index in [-0.39, 0.29) is 0 Å². The Labute approximate surface area is 360 Å². The molecule has 0 N–H and O–H groups in total. The molecule has 0 bridgehead atoms. The maximum atomic E-state index is 6.79. The van der Waals surface area contributed by atoms with Crippen molar-refractivity contribution in [1.29, 1.82) is 0 Å². The van der Waals surface area contributed by atoms with E-state index < -0.39 is 5.41 Å². The lowest BCUT2D eigenvalue weighted by Gasteiger charge is -2.33. The molecule has 0 aliphatic heterocycles. The van der Waals surface area contributed by atoms with Crippen LogP contribution in [0.3, 0.4) is 0 Å². The quantitative estimate of drug-likeness (QED) is 0.167. The van der Waals surface area contributed by atoms with Gasteiger partial charge < -0.3 is 14.2 Å². The van der Waals surface area contributed by atoms with Crippen LogP contribution in [0.2, 0.25) is 0 Å². The van der Waals surface area contributed by atoms with E-state index in [1.54, 1.807) is 0 Å². The van der Waals surface area contributed by atoms with Gasteiger partial charge >= 0.3 is 0 Å². The molecule has 1 atom stereocenters. The standard InChI is InChI=1S/C59H38N2O/c1-4-20-39(21-5-1)60(40-22-6-2-7-23-40)54-38-51-56(44-28-11-10-26-42(44)54)46-29-12-15-32-48(46)59(51)49-33-16-13-30-47(49)57-50(59)34-19-35-52(57)61(41-24-8-3-9-25-41)53-36-18-31-45-43-27-14-17-37-55(43)62-58(45)53/h1-38H. The minimum atomic E-state index is -0.612. The van der Waals surface area contributed by atoms with Gasteiger partial charge in [0.05, 0.1) is 22.5 Å². The molecular formula is C59H38N2O. The van der Waals surface area contributed by atoms with Crippen molar-refractivity contribution in [3.8, 4) is 22.3 Å². The van der Waals surface area contributed by atoms with Gasteiger partial charge in [0, 0.05) is 38.8 Å². The van der Waals surface area contributed by atoms with Crippen LogP contribution in [-0.4, -0.2) is 0 Å². The van der Waals surface area contributed by atoms with Gasteiger partial charge in [0.15, 0.2) is 5.58 Å². The zero-order valence-corrected chi connectivity index (χ0v) is 33.7. The van der Waals surface area contributed by atoms with Gasteiger partial charge in [0.1, 0.15) is 5.58 Å². The molecule has 0 saturated heterocycles. The second-order valence-electron chi connectivity index (χ2n) is 16.3. The van der Waals surface area contributed by atoms with Crippen molar-refractivity contribution in [2.75, 3.05) is 9.80 Å². The number of nitrogens with zero attached hydrogens (tertiary/aromatic N) is 2. The topological polar surface area (TPSA) is 19.6 Å². The highest BCUT2D eigenvalue weighted by molar-refractivity contribution is 6.14. The Hall–Kier alpha value is -8.14. The van der Waals surface area contributed by atoms with Gasteiger partial charge in [-0.2, -0.15) is 0 Å². The number of benzene rings is 10. The van der Waals surface area contributed by atoms with E-state index in [1.165, 1.54) is 55.3 Å². The summed E-state index contributed by atoms with van der Waals surface area (Å²) in [7, 11) is 0. The molecule has 1 unspecified atom stereocenters. The smallest absolute Gasteiger partial charge is 0.159 e. The molecule has 1 heterocycles. The van der Waals surface area contributed by atoms with E-state index in [0.717, 1.165) is 56.1 Å². The van der Waals surface area contributed by atoms with Gasteiger partial charge in [-0.05, 0) is 105 Å². The third-order valence-electron chi connectivity index (χ3n) is 13.2. The first kappa shape index (κ1) is 34.7. The molecule has 3 nitrogen and oxygen atoms in total. The molecule has 0 saturated carbocycles. The molecule has 1 spiro atoms. The van der Waals surface area contributed by atoms with Crippen LogP contribution in [0.1, 0.15) is 22.3 Å². The van der Waals surface area contributed by atoms with E-state index in [0.29, 0.717) is 0 Å². The van der Waals surface area contributed by atoms with Crippen LogP contribution in [0.15, 0.2) is 235 Å². The van der Waals surface area contributed by atoms with E-state index in [2.05, 4.69) is 234 Å². The zero-order chi connectivity index (χ0) is 40.8. The maximum Gasteiger partial charge on any atom is 0.159 e. The number of hydrogen-bond donors (Lipinski definition) is 0. The van der Waals surface area contributed by atoms with Crippen molar-refractivity contribution in [2.24, 2.45) is 0 Å². The molecule has 0 fully saturated rings. The first-order valence-corrected chi connectivity index (χ1v) is 21.4. The third kappa shape index (κ3) is 4.76. The molecule has 0 radical (unpaired) electrons. The van der Waals surface area contributed by atoms with Crippen LogP contribution >= 0.6 is 0 Å². The van der Waals surface area contributed by atoms with Crippen molar-refractivity contribution in [3.05, 3.63) is 253 Å². The van der Waals surface area contributed by atoms with Crippen LogP contribution in [0, 0.1) is 0 Å². The van der Waals surface area contributed by atoms with Crippen LogP contribution in [0.4, 0.5) is 34.1 Å². The molecule has 62 heavy (non-hydrogen) atoms. The second-order valence-corrected chi connectivity index (χ2v) is 16.3. The fourth-order valence-electron chi connectivity index (χ4n) is 10.9. The monoisotopic (exact) mass is 790 g/mol. The number of fused-ring (bicyclic) bond motifs is 15. The average molecular weight is 791 g/mol. The molecule has 13 rings (SSSR count). The molecule has 3 heteroatoms. The van der Waals surface area contributed by atoms with Crippen molar-refractivity contribution >= 4 is 66.8 Å². The number of anilines is 6. The number of hydrogen-bond acceptors (Lipinski definition) is 3. The molecule has 290 valence electrons. The number of furan rings is 1. The molecule has 2 aliphatic rings. The van der Waals surface area contributed by atoms with Gasteiger partial charge in [-0.3, -0.25) is 0 Å². The highest BCUT2D eigenvalue weighted by Crippen LogP contribution is 2.66. The summed E-state index contributed by atoms with van der Waals surface area (Å²) in [5, 5.41) is 4.66. The Morgan fingerprint density at radius 3 is 1.47 bits per heavy atom. The first-order valence-electron chi connectivity index (χ1n) is 21.4. The lowest BCUT2D eigenvalue weighted by molar-refractivity contribution is 0.669.